The molecule has 0 fully saturated rings. The van der Waals surface area contributed by atoms with Gasteiger partial charge in [0.2, 0.25) is 0 Å². The van der Waals surface area contributed by atoms with Gasteiger partial charge in [-0.3, -0.25) is 9.78 Å². The van der Waals surface area contributed by atoms with Crippen LogP contribution in [0.3, 0.4) is 0 Å². The average molecular weight is 208 g/mol. The van der Waals surface area contributed by atoms with Gasteiger partial charge in [0.15, 0.2) is 0 Å². The van der Waals surface area contributed by atoms with Gasteiger partial charge in [-0.05, 0) is 25.5 Å². The van der Waals surface area contributed by atoms with Crippen LogP contribution >= 0.6 is 0 Å². The third-order valence-electron chi connectivity index (χ3n) is 2.04. The Hall–Kier alpha value is -1.42. The molecule has 0 aliphatic carbocycles. The van der Waals surface area contributed by atoms with Gasteiger partial charge in [0.25, 0.3) is 0 Å². The van der Waals surface area contributed by atoms with Gasteiger partial charge in [-0.1, -0.05) is 6.07 Å². The highest BCUT2D eigenvalue weighted by molar-refractivity contribution is 5.71. The lowest BCUT2D eigenvalue weighted by molar-refractivity contribution is -0.142. The molecule has 1 atom stereocenters. The lowest BCUT2D eigenvalue weighted by atomic mass is 10.1. The summed E-state index contributed by atoms with van der Waals surface area (Å²) >= 11 is 0. The van der Waals surface area contributed by atoms with Gasteiger partial charge in [0, 0.05) is 18.4 Å². The summed E-state index contributed by atoms with van der Waals surface area (Å²) in [6.45, 7) is 4.42. The van der Waals surface area contributed by atoms with Crippen LogP contribution in [0.4, 0.5) is 0 Å². The van der Waals surface area contributed by atoms with Crippen molar-refractivity contribution >= 4 is 5.97 Å². The Balaban J connectivity index is 2.37. The summed E-state index contributed by atoms with van der Waals surface area (Å²) in [5, 5.41) is 3.07. The van der Waals surface area contributed by atoms with Gasteiger partial charge in [0.1, 0.15) is 0 Å². The van der Waals surface area contributed by atoms with E-state index in [1.54, 1.807) is 19.3 Å². The molecule has 4 nitrogen and oxygen atoms in total. The Morgan fingerprint density at radius 2 is 2.47 bits per heavy atom. The highest BCUT2D eigenvalue weighted by Gasteiger charge is 2.07. The van der Waals surface area contributed by atoms with Crippen LogP contribution in [-0.4, -0.2) is 24.1 Å². The molecule has 0 aliphatic heterocycles. The van der Waals surface area contributed by atoms with E-state index in [2.05, 4.69) is 10.3 Å². The SMILES string of the molecule is CCOC(=O)CN[C@@H](C)c1cccnc1. The highest BCUT2D eigenvalue weighted by Crippen LogP contribution is 2.08. The van der Waals surface area contributed by atoms with Gasteiger partial charge in [-0.2, -0.15) is 0 Å². The molecule has 1 N–H and O–H groups in total. The summed E-state index contributed by atoms with van der Waals surface area (Å²) in [5.41, 5.74) is 1.06. The van der Waals surface area contributed by atoms with Gasteiger partial charge in [0.05, 0.1) is 13.2 Å². The number of pyridine rings is 1. The maximum Gasteiger partial charge on any atom is 0.319 e. The maximum atomic E-state index is 11.1. The van der Waals surface area contributed by atoms with Crippen molar-refractivity contribution in [3.05, 3.63) is 30.1 Å². The van der Waals surface area contributed by atoms with Crippen LogP contribution in [0.25, 0.3) is 0 Å². The van der Waals surface area contributed by atoms with Gasteiger partial charge in [-0.15, -0.1) is 0 Å². The molecule has 15 heavy (non-hydrogen) atoms. The number of aromatic nitrogens is 1. The van der Waals surface area contributed by atoms with Crippen molar-refractivity contribution in [3.8, 4) is 0 Å². The Labute approximate surface area is 89.7 Å². The first kappa shape index (κ1) is 11.7. The molecule has 0 amide bonds. The molecular formula is C11H16N2O2. The van der Waals surface area contributed by atoms with E-state index < -0.39 is 0 Å². The van der Waals surface area contributed by atoms with Crippen LogP contribution in [0.1, 0.15) is 25.5 Å². The molecule has 0 radical (unpaired) electrons. The van der Waals surface area contributed by atoms with Crippen LogP contribution in [-0.2, 0) is 9.53 Å². The first-order valence-corrected chi connectivity index (χ1v) is 5.03. The molecule has 0 aromatic carbocycles. The Kier molecular flexibility index (Phi) is 4.77. The van der Waals surface area contributed by atoms with Crippen molar-refractivity contribution in [1.29, 1.82) is 0 Å². The first-order chi connectivity index (χ1) is 7.24. The van der Waals surface area contributed by atoms with E-state index in [0.29, 0.717) is 6.61 Å². The summed E-state index contributed by atoms with van der Waals surface area (Å²) in [4.78, 5) is 15.1. The summed E-state index contributed by atoms with van der Waals surface area (Å²) in [6, 6.07) is 3.94. The molecule has 0 saturated carbocycles. The number of rotatable bonds is 5. The highest BCUT2D eigenvalue weighted by atomic mass is 16.5. The zero-order valence-electron chi connectivity index (χ0n) is 9.06. The minimum Gasteiger partial charge on any atom is -0.465 e. The van der Waals surface area contributed by atoms with E-state index in [9.17, 15) is 4.79 Å². The fourth-order valence-corrected chi connectivity index (χ4v) is 1.20. The molecule has 0 bridgehead atoms. The van der Waals surface area contributed by atoms with Gasteiger partial charge < -0.3 is 10.1 Å². The number of nitrogens with zero attached hydrogens (tertiary/aromatic N) is 1. The van der Waals surface area contributed by atoms with Crippen molar-refractivity contribution in [2.45, 2.75) is 19.9 Å². The van der Waals surface area contributed by atoms with E-state index in [1.165, 1.54) is 0 Å². The number of hydrogen-bond acceptors (Lipinski definition) is 4. The van der Waals surface area contributed by atoms with Crippen LogP contribution in [0.5, 0.6) is 0 Å². The normalized spacial score (nSPS) is 12.1. The van der Waals surface area contributed by atoms with Crippen LogP contribution in [0, 0.1) is 0 Å². The topological polar surface area (TPSA) is 51.2 Å². The van der Waals surface area contributed by atoms with E-state index >= 15 is 0 Å². The average Bonchev–Trinajstić information content (AvgIpc) is 2.27. The van der Waals surface area contributed by atoms with Crippen LogP contribution < -0.4 is 5.32 Å². The second-order valence-electron chi connectivity index (χ2n) is 3.19. The molecular weight excluding hydrogens is 192 g/mol. The summed E-state index contributed by atoms with van der Waals surface area (Å²) in [7, 11) is 0. The molecule has 0 spiro atoms. The second kappa shape index (κ2) is 6.14. The predicted molar refractivity (Wildman–Crippen MR) is 57.3 cm³/mol. The molecule has 82 valence electrons. The molecule has 1 rings (SSSR count). The minimum absolute atomic E-state index is 0.100. The Morgan fingerprint density at radius 1 is 1.67 bits per heavy atom. The van der Waals surface area contributed by atoms with Gasteiger partial charge in [-0.25, -0.2) is 0 Å². The molecule has 4 heteroatoms. The quantitative estimate of drug-likeness (QED) is 0.741. The zero-order valence-corrected chi connectivity index (χ0v) is 9.06. The largest absolute Gasteiger partial charge is 0.465 e. The summed E-state index contributed by atoms with van der Waals surface area (Å²) in [5.74, 6) is -0.228. The summed E-state index contributed by atoms with van der Waals surface area (Å²) in [6.07, 6.45) is 3.50. The van der Waals surface area contributed by atoms with E-state index in [4.69, 9.17) is 4.74 Å². The number of ether oxygens (including phenoxy) is 1. The van der Waals surface area contributed by atoms with Gasteiger partial charge >= 0.3 is 5.97 Å². The molecule has 1 aromatic heterocycles. The zero-order chi connectivity index (χ0) is 11.1. The van der Waals surface area contributed by atoms with E-state index in [0.717, 1.165) is 5.56 Å². The number of esters is 1. The third kappa shape index (κ3) is 4.08. The molecule has 1 aromatic rings. The molecule has 0 saturated heterocycles. The Morgan fingerprint density at radius 3 is 3.07 bits per heavy atom. The lowest BCUT2D eigenvalue weighted by Crippen LogP contribution is -2.27. The second-order valence-corrected chi connectivity index (χ2v) is 3.19. The predicted octanol–water partition coefficient (Wildman–Crippen LogP) is 1.30. The fourth-order valence-electron chi connectivity index (χ4n) is 1.20. The number of nitrogens with one attached hydrogen (secondary N) is 1. The van der Waals surface area contributed by atoms with Crippen LogP contribution in [0.2, 0.25) is 0 Å². The van der Waals surface area contributed by atoms with E-state index in [1.807, 2.05) is 19.1 Å². The number of carbonyl (C=O) groups excluding carboxylic acids is 1. The van der Waals surface area contributed by atoms with Crippen molar-refractivity contribution in [2.75, 3.05) is 13.2 Å². The monoisotopic (exact) mass is 208 g/mol. The fraction of sp³-hybridized carbons (Fsp3) is 0.455. The Bertz CT molecular complexity index is 301. The standard InChI is InChI=1S/C11H16N2O2/c1-3-15-11(14)8-13-9(2)10-5-4-6-12-7-10/h4-7,9,13H,3,8H2,1-2H3/t9-/m0/s1. The third-order valence-corrected chi connectivity index (χ3v) is 2.04. The van der Waals surface area contributed by atoms with E-state index in [-0.39, 0.29) is 18.6 Å². The first-order valence-electron chi connectivity index (χ1n) is 5.03. The van der Waals surface area contributed by atoms with Crippen molar-refractivity contribution in [2.24, 2.45) is 0 Å². The lowest BCUT2D eigenvalue weighted by Gasteiger charge is -2.12. The van der Waals surface area contributed by atoms with Crippen molar-refractivity contribution in [1.82, 2.24) is 10.3 Å². The van der Waals surface area contributed by atoms with Crippen molar-refractivity contribution < 1.29 is 9.53 Å². The van der Waals surface area contributed by atoms with Crippen molar-refractivity contribution in [3.63, 3.8) is 0 Å². The molecule has 0 aliphatic rings. The number of carbonyl (C=O) groups is 1. The smallest absolute Gasteiger partial charge is 0.319 e. The minimum atomic E-state index is -0.228. The molecule has 0 unspecified atom stereocenters. The molecule has 1 heterocycles. The van der Waals surface area contributed by atoms with Crippen LogP contribution in [0.15, 0.2) is 24.5 Å². The number of hydrogen-bond donors (Lipinski definition) is 1. The maximum absolute atomic E-state index is 11.1. The summed E-state index contributed by atoms with van der Waals surface area (Å²) < 4.78 is 4.81.